The van der Waals surface area contributed by atoms with Gasteiger partial charge in [-0.2, -0.15) is 13.2 Å². The molecule has 2 nitrogen and oxygen atoms in total. The zero-order chi connectivity index (χ0) is 10.9. The normalized spacial score (nSPS) is 34.9. The molecule has 0 bridgehead atoms. The summed E-state index contributed by atoms with van der Waals surface area (Å²) in [5, 5.41) is 11.9. The molecule has 1 fully saturated rings. The molecular formula is C9H16F3NO. The number of piperidine rings is 1. The van der Waals surface area contributed by atoms with Gasteiger partial charge < -0.3 is 10.4 Å². The first kappa shape index (κ1) is 11.8. The number of hydrogen-bond acceptors (Lipinski definition) is 2. The van der Waals surface area contributed by atoms with Gasteiger partial charge in [-0.25, -0.2) is 0 Å². The molecule has 14 heavy (non-hydrogen) atoms. The Balaban J connectivity index is 2.63. The Morgan fingerprint density at radius 1 is 1.29 bits per heavy atom. The minimum Gasteiger partial charge on any atom is -0.393 e. The number of aliphatic hydroxyl groups is 1. The third-order valence-electron chi connectivity index (χ3n) is 2.65. The second-order valence-electron chi connectivity index (χ2n) is 4.24. The average molecular weight is 211 g/mol. The molecule has 0 aromatic rings. The van der Waals surface area contributed by atoms with E-state index < -0.39 is 18.3 Å². The fourth-order valence-corrected chi connectivity index (χ4v) is 1.75. The molecule has 1 aliphatic rings. The topological polar surface area (TPSA) is 32.3 Å². The Labute approximate surface area is 81.5 Å². The van der Waals surface area contributed by atoms with Gasteiger partial charge in [0.25, 0.3) is 0 Å². The van der Waals surface area contributed by atoms with Crippen molar-refractivity contribution in [1.82, 2.24) is 5.32 Å². The van der Waals surface area contributed by atoms with Gasteiger partial charge in [0.05, 0.1) is 6.10 Å². The molecule has 1 heterocycles. The quantitative estimate of drug-likeness (QED) is 0.691. The minimum atomic E-state index is -4.26. The summed E-state index contributed by atoms with van der Waals surface area (Å²) in [5.74, 6) is 0.106. The first-order valence-corrected chi connectivity index (χ1v) is 4.81. The van der Waals surface area contributed by atoms with E-state index in [0.29, 0.717) is 6.42 Å². The van der Waals surface area contributed by atoms with Crippen molar-refractivity contribution in [2.45, 2.75) is 51.1 Å². The van der Waals surface area contributed by atoms with E-state index in [1.807, 2.05) is 13.8 Å². The van der Waals surface area contributed by atoms with Gasteiger partial charge in [0.15, 0.2) is 0 Å². The number of nitrogens with one attached hydrogen (secondary N) is 1. The molecule has 84 valence electrons. The van der Waals surface area contributed by atoms with E-state index in [1.54, 1.807) is 0 Å². The zero-order valence-corrected chi connectivity index (χ0v) is 8.30. The molecule has 0 aromatic carbocycles. The standard InChI is InChI=1S/C9H16F3NO/c1-5(2)7-3-6(14)4-8(13-7)9(10,11)12/h5-8,13-14H,3-4H2,1-2H3. The van der Waals surface area contributed by atoms with Crippen LogP contribution < -0.4 is 5.32 Å². The van der Waals surface area contributed by atoms with Crippen molar-refractivity contribution in [3.05, 3.63) is 0 Å². The minimum absolute atomic E-state index is 0.106. The summed E-state index contributed by atoms with van der Waals surface area (Å²) in [5.41, 5.74) is 0. The molecule has 3 atom stereocenters. The summed E-state index contributed by atoms with van der Waals surface area (Å²) in [6.45, 7) is 3.70. The van der Waals surface area contributed by atoms with Crippen LogP contribution in [0.2, 0.25) is 0 Å². The Bertz CT molecular complexity index is 193. The second-order valence-corrected chi connectivity index (χ2v) is 4.24. The summed E-state index contributed by atoms with van der Waals surface area (Å²) in [6, 6.07) is -1.80. The third kappa shape index (κ3) is 2.85. The van der Waals surface area contributed by atoms with Gasteiger partial charge in [-0.1, -0.05) is 13.8 Å². The fraction of sp³-hybridized carbons (Fsp3) is 1.00. The Kier molecular flexibility index (Phi) is 3.42. The molecule has 0 amide bonds. The second kappa shape index (κ2) is 4.06. The Morgan fingerprint density at radius 2 is 1.86 bits per heavy atom. The van der Waals surface area contributed by atoms with Crippen LogP contribution in [0.3, 0.4) is 0 Å². The van der Waals surface area contributed by atoms with Crippen molar-refractivity contribution in [3.63, 3.8) is 0 Å². The maximum atomic E-state index is 12.4. The molecule has 0 saturated carbocycles. The highest BCUT2D eigenvalue weighted by molar-refractivity contribution is 4.90. The van der Waals surface area contributed by atoms with E-state index in [4.69, 9.17) is 0 Å². The monoisotopic (exact) mass is 211 g/mol. The first-order chi connectivity index (χ1) is 6.30. The van der Waals surface area contributed by atoms with Crippen LogP contribution in [-0.4, -0.2) is 29.5 Å². The number of alkyl halides is 3. The molecule has 5 heteroatoms. The largest absolute Gasteiger partial charge is 0.403 e. The predicted octanol–water partition coefficient (Wildman–Crippen LogP) is 1.69. The smallest absolute Gasteiger partial charge is 0.393 e. The van der Waals surface area contributed by atoms with Gasteiger partial charge in [-0.3, -0.25) is 0 Å². The Morgan fingerprint density at radius 3 is 2.29 bits per heavy atom. The van der Waals surface area contributed by atoms with Crippen LogP contribution in [0.4, 0.5) is 13.2 Å². The highest BCUT2D eigenvalue weighted by Crippen LogP contribution is 2.29. The molecule has 2 N–H and O–H groups in total. The van der Waals surface area contributed by atoms with Gasteiger partial charge in [-0.05, 0) is 18.8 Å². The van der Waals surface area contributed by atoms with Gasteiger partial charge in [0.2, 0.25) is 0 Å². The van der Waals surface area contributed by atoms with Crippen molar-refractivity contribution >= 4 is 0 Å². The van der Waals surface area contributed by atoms with Crippen LogP contribution in [-0.2, 0) is 0 Å². The number of rotatable bonds is 1. The van der Waals surface area contributed by atoms with Crippen molar-refractivity contribution in [1.29, 1.82) is 0 Å². The maximum absolute atomic E-state index is 12.4. The third-order valence-corrected chi connectivity index (χ3v) is 2.65. The SMILES string of the molecule is CC(C)C1CC(O)CC(C(F)(F)F)N1. The fourth-order valence-electron chi connectivity index (χ4n) is 1.75. The molecule has 0 spiro atoms. The van der Waals surface area contributed by atoms with E-state index in [-0.39, 0.29) is 18.4 Å². The van der Waals surface area contributed by atoms with Crippen molar-refractivity contribution in [2.24, 2.45) is 5.92 Å². The lowest BCUT2D eigenvalue weighted by molar-refractivity contribution is -0.172. The summed E-state index contributed by atoms with van der Waals surface area (Å²) in [7, 11) is 0. The van der Waals surface area contributed by atoms with Gasteiger partial charge in [-0.15, -0.1) is 0 Å². The lowest BCUT2D eigenvalue weighted by Gasteiger charge is -2.37. The van der Waals surface area contributed by atoms with Gasteiger partial charge >= 0.3 is 6.18 Å². The van der Waals surface area contributed by atoms with E-state index in [1.165, 1.54) is 0 Å². The van der Waals surface area contributed by atoms with Crippen molar-refractivity contribution in [3.8, 4) is 0 Å². The van der Waals surface area contributed by atoms with E-state index >= 15 is 0 Å². The highest BCUT2D eigenvalue weighted by Gasteiger charge is 2.44. The van der Waals surface area contributed by atoms with Crippen molar-refractivity contribution < 1.29 is 18.3 Å². The maximum Gasteiger partial charge on any atom is 0.403 e. The summed E-state index contributed by atoms with van der Waals surface area (Å²) in [4.78, 5) is 0. The van der Waals surface area contributed by atoms with E-state index in [9.17, 15) is 18.3 Å². The summed E-state index contributed by atoms with van der Waals surface area (Å²) < 4.78 is 37.1. The number of hydrogen-bond donors (Lipinski definition) is 2. The van der Waals surface area contributed by atoms with Crippen LogP contribution in [0, 0.1) is 5.92 Å². The van der Waals surface area contributed by atoms with E-state index in [0.717, 1.165) is 0 Å². The number of halogens is 3. The number of aliphatic hydroxyl groups excluding tert-OH is 1. The van der Waals surface area contributed by atoms with Crippen LogP contribution in [0.15, 0.2) is 0 Å². The predicted molar refractivity (Wildman–Crippen MR) is 46.8 cm³/mol. The molecule has 0 aromatic heterocycles. The average Bonchev–Trinajstić information content (AvgIpc) is 2.01. The molecule has 3 unspecified atom stereocenters. The highest BCUT2D eigenvalue weighted by atomic mass is 19.4. The van der Waals surface area contributed by atoms with Crippen molar-refractivity contribution in [2.75, 3.05) is 0 Å². The molecule has 1 aliphatic heterocycles. The molecule has 0 radical (unpaired) electrons. The van der Waals surface area contributed by atoms with Crippen LogP contribution in [0.5, 0.6) is 0 Å². The lowest BCUT2D eigenvalue weighted by atomic mass is 9.89. The summed E-state index contributed by atoms with van der Waals surface area (Å²) in [6.07, 6.45) is -4.92. The molecule has 1 rings (SSSR count). The van der Waals surface area contributed by atoms with Gasteiger partial charge in [0, 0.05) is 6.04 Å². The lowest BCUT2D eigenvalue weighted by Crippen LogP contribution is -2.55. The summed E-state index contributed by atoms with van der Waals surface area (Å²) >= 11 is 0. The molecule has 1 saturated heterocycles. The van der Waals surface area contributed by atoms with Crippen LogP contribution in [0.1, 0.15) is 26.7 Å². The zero-order valence-electron chi connectivity index (χ0n) is 8.30. The molecular weight excluding hydrogens is 195 g/mol. The van der Waals surface area contributed by atoms with Gasteiger partial charge in [0.1, 0.15) is 6.04 Å². The van der Waals surface area contributed by atoms with Crippen LogP contribution in [0.25, 0.3) is 0 Å². The van der Waals surface area contributed by atoms with E-state index in [2.05, 4.69) is 5.32 Å². The first-order valence-electron chi connectivity index (χ1n) is 4.81. The van der Waals surface area contributed by atoms with Crippen LogP contribution >= 0.6 is 0 Å². The molecule has 0 aliphatic carbocycles. The Hall–Kier alpha value is -0.290.